The van der Waals surface area contributed by atoms with Crippen LogP contribution in [0.25, 0.3) is 0 Å². The van der Waals surface area contributed by atoms with E-state index in [4.69, 9.17) is 9.47 Å². The molecule has 10 heteroatoms. The molecule has 0 saturated carbocycles. The standard InChI is InChI=1S/C20H37N5O4.HI/c1-4-29-19(27)17-6-10-25(11-7-17)20(22-16-18(26)23(2)3)21-8-5-9-24-12-14-28-15-13-24;/h17H,4-16H2,1-3H3,(H,21,22);1H. The third-order valence-electron chi connectivity index (χ3n) is 5.32. The van der Waals surface area contributed by atoms with Crippen molar-refractivity contribution in [2.24, 2.45) is 10.9 Å². The van der Waals surface area contributed by atoms with Crippen LogP contribution in [0.4, 0.5) is 0 Å². The molecular formula is C20H38IN5O4. The Hall–Kier alpha value is -1.14. The molecular weight excluding hydrogens is 501 g/mol. The topological polar surface area (TPSA) is 86.7 Å². The van der Waals surface area contributed by atoms with Gasteiger partial charge in [0, 0.05) is 46.8 Å². The number of likely N-dealkylation sites (tertiary alicyclic amines) is 1. The molecule has 2 rings (SSSR count). The van der Waals surface area contributed by atoms with E-state index in [0.29, 0.717) is 6.61 Å². The molecule has 1 N–H and O–H groups in total. The Balaban J connectivity index is 0.00000450. The van der Waals surface area contributed by atoms with Crippen molar-refractivity contribution in [2.45, 2.75) is 26.2 Å². The van der Waals surface area contributed by atoms with E-state index in [1.54, 1.807) is 19.0 Å². The van der Waals surface area contributed by atoms with E-state index in [1.165, 1.54) is 0 Å². The number of carbonyl (C=O) groups is 2. The third kappa shape index (κ3) is 9.34. The number of rotatable bonds is 8. The van der Waals surface area contributed by atoms with Gasteiger partial charge in [0.15, 0.2) is 5.96 Å². The maximum Gasteiger partial charge on any atom is 0.309 e. The van der Waals surface area contributed by atoms with Crippen molar-refractivity contribution >= 4 is 41.8 Å². The van der Waals surface area contributed by atoms with Crippen molar-refractivity contribution in [3.05, 3.63) is 0 Å². The van der Waals surface area contributed by atoms with Crippen LogP contribution in [0.1, 0.15) is 26.2 Å². The van der Waals surface area contributed by atoms with Gasteiger partial charge < -0.3 is 24.6 Å². The van der Waals surface area contributed by atoms with Crippen LogP contribution in [-0.2, 0) is 19.1 Å². The highest BCUT2D eigenvalue weighted by Crippen LogP contribution is 2.18. The first kappa shape index (κ1) is 26.9. The molecule has 0 radical (unpaired) electrons. The lowest BCUT2D eigenvalue weighted by molar-refractivity contribution is -0.149. The number of esters is 1. The number of likely N-dealkylation sites (N-methyl/N-ethyl adjacent to an activating group) is 1. The van der Waals surface area contributed by atoms with Gasteiger partial charge >= 0.3 is 5.97 Å². The molecule has 2 saturated heterocycles. The Morgan fingerprint density at radius 1 is 1.17 bits per heavy atom. The average Bonchev–Trinajstić information content (AvgIpc) is 2.74. The van der Waals surface area contributed by atoms with Gasteiger partial charge in [0.25, 0.3) is 0 Å². The fourth-order valence-corrected chi connectivity index (χ4v) is 3.47. The molecule has 30 heavy (non-hydrogen) atoms. The molecule has 2 aliphatic rings. The Labute approximate surface area is 197 Å². The first-order valence-corrected chi connectivity index (χ1v) is 10.7. The second-order valence-electron chi connectivity index (χ2n) is 7.68. The van der Waals surface area contributed by atoms with Crippen LogP contribution in [0.3, 0.4) is 0 Å². The van der Waals surface area contributed by atoms with Crippen molar-refractivity contribution < 1.29 is 19.1 Å². The summed E-state index contributed by atoms with van der Waals surface area (Å²) < 4.78 is 10.5. The van der Waals surface area contributed by atoms with E-state index in [2.05, 4.69) is 20.1 Å². The second-order valence-corrected chi connectivity index (χ2v) is 7.68. The Kier molecular flexibility index (Phi) is 13.3. The lowest BCUT2D eigenvalue weighted by Crippen LogP contribution is -2.48. The molecule has 0 atom stereocenters. The molecule has 2 heterocycles. The maximum atomic E-state index is 12.0. The summed E-state index contributed by atoms with van der Waals surface area (Å²) in [4.78, 5) is 34.6. The number of piperidine rings is 1. The molecule has 0 bridgehead atoms. The van der Waals surface area contributed by atoms with Gasteiger partial charge in [-0.3, -0.25) is 14.5 Å². The molecule has 0 aliphatic carbocycles. The first-order valence-electron chi connectivity index (χ1n) is 10.7. The summed E-state index contributed by atoms with van der Waals surface area (Å²) in [5.74, 6) is 0.576. The quantitative estimate of drug-likeness (QED) is 0.159. The predicted octanol–water partition coefficient (Wildman–Crippen LogP) is 0.636. The zero-order valence-corrected chi connectivity index (χ0v) is 20.9. The van der Waals surface area contributed by atoms with Crippen molar-refractivity contribution in [1.82, 2.24) is 20.0 Å². The molecule has 0 unspecified atom stereocenters. The van der Waals surface area contributed by atoms with Crippen LogP contribution < -0.4 is 5.32 Å². The van der Waals surface area contributed by atoms with Crippen LogP contribution in [0.2, 0.25) is 0 Å². The lowest BCUT2D eigenvalue weighted by atomic mass is 9.97. The summed E-state index contributed by atoms with van der Waals surface area (Å²) in [5, 5.41) is 3.42. The predicted molar refractivity (Wildman–Crippen MR) is 127 cm³/mol. The zero-order chi connectivity index (χ0) is 21.1. The highest BCUT2D eigenvalue weighted by molar-refractivity contribution is 14.0. The normalized spacial score (nSPS) is 18.5. The number of aliphatic imine (C=N–C) groups is 1. The van der Waals surface area contributed by atoms with Gasteiger partial charge in [-0.2, -0.15) is 0 Å². The number of hydrogen-bond acceptors (Lipinski definition) is 6. The van der Waals surface area contributed by atoms with Crippen LogP contribution >= 0.6 is 24.0 Å². The summed E-state index contributed by atoms with van der Waals surface area (Å²) in [5.41, 5.74) is 0. The van der Waals surface area contributed by atoms with Gasteiger partial charge in [0.1, 0.15) is 6.54 Å². The van der Waals surface area contributed by atoms with Gasteiger partial charge in [0.2, 0.25) is 5.91 Å². The molecule has 0 spiro atoms. The monoisotopic (exact) mass is 539 g/mol. The van der Waals surface area contributed by atoms with E-state index < -0.39 is 0 Å². The number of ether oxygens (including phenoxy) is 2. The highest BCUT2D eigenvalue weighted by Gasteiger charge is 2.27. The fourth-order valence-electron chi connectivity index (χ4n) is 3.47. The lowest BCUT2D eigenvalue weighted by Gasteiger charge is -2.33. The number of nitrogens with zero attached hydrogens (tertiary/aromatic N) is 4. The largest absolute Gasteiger partial charge is 0.466 e. The van der Waals surface area contributed by atoms with Gasteiger partial charge in [-0.25, -0.2) is 4.99 Å². The minimum Gasteiger partial charge on any atom is -0.466 e. The SMILES string of the molecule is CCOC(=O)C1CCN(C(=NCC(=O)N(C)C)NCCCN2CCOCC2)CC1.I. The molecule has 2 aliphatic heterocycles. The first-order chi connectivity index (χ1) is 14.0. The van der Waals surface area contributed by atoms with Crippen molar-refractivity contribution in [3.8, 4) is 0 Å². The summed E-state index contributed by atoms with van der Waals surface area (Å²) >= 11 is 0. The molecule has 0 aromatic heterocycles. The number of morpholine rings is 1. The Morgan fingerprint density at radius 3 is 2.43 bits per heavy atom. The molecule has 1 amide bonds. The average molecular weight is 539 g/mol. The Morgan fingerprint density at radius 2 is 1.83 bits per heavy atom. The van der Waals surface area contributed by atoms with Crippen LogP contribution in [0.5, 0.6) is 0 Å². The van der Waals surface area contributed by atoms with Gasteiger partial charge in [-0.1, -0.05) is 0 Å². The number of halogens is 1. The molecule has 174 valence electrons. The molecule has 0 aromatic carbocycles. The van der Waals surface area contributed by atoms with E-state index in [1.807, 2.05) is 6.92 Å². The van der Waals surface area contributed by atoms with Crippen LogP contribution in [0, 0.1) is 5.92 Å². The van der Waals surface area contributed by atoms with Crippen LogP contribution in [0.15, 0.2) is 4.99 Å². The van der Waals surface area contributed by atoms with Crippen molar-refractivity contribution in [3.63, 3.8) is 0 Å². The Bertz CT molecular complexity index is 547. The summed E-state index contributed by atoms with van der Waals surface area (Å²) in [6.07, 6.45) is 2.49. The molecule has 9 nitrogen and oxygen atoms in total. The molecule has 0 aromatic rings. The van der Waals surface area contributed by atoms with Crippen LogP contribution in [-0.4, -0.2) is 112 Å². The zero-order valence-electron chi connectivity index (χ0n) is 18.6. The number of carbonyl (C=O) groups excluding carboxylic acids is 2. The second kappa shape index (κ2) is 14.8. The van der Waals surface area contributed by atoms with E-state index in [0.717, 1.165) is 77.7 Å². The van der Waals surface area contributed by atoms with E-state index in [9.17, 15) is 9.59 Å². The number of nitrogens with one attached hydrogen (secondary N) is 1. The fraction of sp³-hybridized carbons (Fsp3) is 0.850. The number of guanidine groups is 1. The van der Waals surface area contributed by atoms with Crippen molar-refractivity contribution in [1.29, 1.82) is 0 Å². The minimum absolute atomic E-state index is 0. The molecule has 2 fully saturated rings. The third-order valence-corrected chi connectivity index (χ3v) is 5.32. The minimum atomic E-state index is -0.105. The summed E-state index contributed by atoms with van der Waals surface area (Å²) in [6, 6.07) is 0. The smallest absolute Gasteiger partial charge is 0.309 e. The number of amides is 1. The van der Waals surface area contributed by atoms with Gasteiger partial charge in [0.05, 0.1) is 25.7 Å². The van der Waals surface area contributed by atoms with E-state index in [-0.39, 0.29) is 48.3 Å². The summed E-state index contributed by atoms with van der Waals surface area (Å²) in [7, 11) is 3.47. The van der Waals surface area contributed by atoms with Crippen molar-refractivity contribution in [2.75, 3.05) is 79.7 Å². The van der Waals surface area contributed by atoms with Gasteiger partial charge in [-0.15, -0.1) is 24.0 Å². The van der Waals surface area contributed by atoms with E-state index >= 15 is 0 Å². The number of hydrogen-bond donors (Lipinski definition) is 1. The summed E-state index contributed by atoms with van der Waals surface area (Å²) in [6.45, 7) is 9.24. The highest BCUT2D eigenvalue weighted by atomic mass is 127. The van der Waals surface area contributed by atoms with Gasteiger partial charge in [-0.05, 0) is 32.7 Å². The maximum absolute atomic E-state index is 12.0.